The molecule has 3 heterocycles. The number of hydrogen-bond donors (Lipinski definition) is 2. The third kappa shape index (κ3) is 3.28. The molecule has 0 fully saturated rings. The van der Waals surface area contributed by atoms with Crippen molar-refractivity contribution in [3.63, 3.8) is 0 Å². The zero-order valence-corrected chi connectivity index (χ0v) is 22.1. The van der Waals surface area contributed by atoms with E-state index in [2.05, 4.69) is 39.9 Å². The van der Waals surface area contributed by atoms with Crippen molar-refractivity contribution in [2.24, 2.45) is 0 Å². The Labute approximate surface area is 207 Å². The molecule has 5 rings (SSSR count). The number of fused-ring (bicyclic) bond motifs is 6. The number of nitrogens with zero attached hydrogens (tertiary/aromatic N) is 2. The smallest absolute Gasteiger partial charge is 0.205 e. The van der Waals surface area contributed by atoms with Crippen LogP contribution in [0.5, 0.6) is 11.8 Å². The predicted octanol–water partition coefficient (Wildman–Crippen LogP) is 6.34. The average Bonchev–Trinajstić information content (AvgIpc) is 3.37. The maximum absolute atomic E-state index is 11.6. The van der Waals surface area contributed by atoms with E-state index in [1.807, 2.05) is 43.3 Å². The van der Waals surface area contributed by atoms with Crippen molar-refractivity contribution in [3.05, 3.63) is 65.2 Å². The van der Waals surface area contributed by atoms with Gasteiger partial charge < -0.3 is 19.4 Å². The highest BCUT2D eigenvalue weighted by Gasteiger charge is 2.58. The van der Waals surface area contributed by atoms with Crippen LogP contribution in [0.2, 0.25) is 18.1 Å². The highest BCUT2D eigenvalue weighted by Crippen LogP contribution is 2.62. The molecule has 6 nitrogen and oxygen atoms in total. The average molecular weight is 489 g/mol. The second kappa shape index (κ2) is 7.47. The van der Waals surface area contributed by atoms with Crippen molar-refractivity contribution in [1.29, 1.82) is 5.26 Å². The molecule has 0 saturated carbocycles. The fraction of sp³-hybridized carbons (Fsp3) is 0.393. The van der Waals surface area contributed by atoms with Gasteiger partial charge in [0, 0.05) is 23.8 Å². The monoisotopic (exact) mass is 488 g/mol. The molecular formula is C28H32N2O4Si. The van der Waals surface area contributed by atoms with Crippen molar-refractivity contribution in [3.8, 4) is 23.5 Å². The molecule has 0 spiro atoms. The summed E-state index contributed by atoms with van der Waals surface area (Å²) in [6.45, 7) is 13.5. The molecule has 7 heteroatoms. The van der Waals surface area contributed by atoms with Crippen molar-refractivity contribution in [2.75, 3.05) is 6.61 Å². The number of aromatic nitrogens is 1. The van der Waals surface area contributed by atoms with Crippen molar-refractivity contribution < 1.29 is 19.4 Å². The normalized spacial score (nSPS) is 23.1. The number of hydrogen-bond acceptors (Lipinski definition) is 5. The first-order chi connectivity index (χ1) is 16.4. The van der Waals surface area contributed by atoms with Crippen molar-refractivity contribution >= 4 is 19.1 Å². The summed E-state index contributed by atoms with van der Waals surface area (Å²) in [5.41, 5.74) is 0.605. The molecule has 2 bridgehead atoms. The summed E-state index contributed by atoms with van der Waals surface area (Å²) in [6.07, 6.45) is 4.48. The molecule has 182 valence electrons. The third-order valence-corrected chi connectivity index (χ3v) is 12.6. The molecule has 2 aromatic carbocycles. The Morgan fingerprint density at radius 2 is 1.69 bits per heavy atom. The number of ether oxygens (including phenoxy) is 1. The maximum atomic E-state index is 11.6. The van der Waals surface area contributed by atoms with Crippen LogP contribution in [-0.2, 0) is 20.4 Å². The Kier molecular flexibility index (Phi) is 5.05. The van der Waals surface area contributed by atoms with E-state index in [4.69, 9.17) is 9.16 Å². The van der Waals surface area contributed by atoms with Crippen molar-refractivity contribution in [2.45, 2.75) is 63.5 Å². The molecule has 2 N–H and O–H groups in total. The van der Waals surface area contributed by atoms with E-state index in [1.165, 1.54) is 4.57 Å². The molecule has 2 atom stereocenters. The minimum Gasteiger partial charge on any atom is -0.494 e. The van der Waals surface area contributed by atoms with E-state index < -0.39 is 19.5 Å². The van der Waals surface area contributed by atoms with Gasteiger partial charge in [-0.1, -0.05) is 45.0 Å². The highest BCUT2D eigenvalue weighted by atomic mass is 28.4. The van der Waals surface area contributed by atoms with Gasteiger partial charge in [-0.3, -0.25) is 4.57 Å². The quantitative estimate of drug-likeness (QED) is 0.323. The zero-order chi connectivity index (χ0) is 25.4. The van der Waals surface area contributed by atoms with Crippen LogP contribution < -0.4 is 0 Å². The van der Waals surface area contributed by atoms with Gasteiger partial charge in [0.05, 0.1) is 28.4 Å². The molecular weight excluding hydrogens is 456 g/mol. The molecule has 0 radical (unpaired) electrons. The Morgan fingerprint density at radius 1 is 1.03 bits per heavy atom. The fourth-order valence-electron chi connectivity index (χ4n) is 5.16. The lowest BCUT2D eigenvalue weighted by Crippen LogP contribution is -2.41. The van der Waals surface area contributed by atoms with E-state index in [-0.39, 0.29) is 16.8 Å². The number of nitriles is 1. The van der Waals surface area contributed by atoms with E-state index in [9.17, 15) is 15.5 Å². The first kappa shape index (κ1) is 23.7. The molecule has 1 aromatic heterocycles. The zero-order valence-electron chi connectivity index (χ0n) is 21.1. The first-order valence-electron chi connectivity index (χ1n) is 12.0. The summed E-state index contributed by atoms with van der Waals surface area (Å²) in [6, 6.07) is 13.2. The fourth-order valence-corrected chi connectivity index (χ4v) is 6.21. The lowest BCUT2D eigenvalue weighted by molar-refractivity contribution is -0.0720. The molecule has 2 aliphatic rings. The van der Waals surface area contributed by atoms with Crippen LogP contribution >= 0.6 is 0 Å². The lowest BCUT2D eigenvalue weighted by Gasteiger charge is -2.37. The highest BCUT2D eigenvalue weighted by molar-refractivity contribution is 6.74. The van der Waals surface area contributed by atoms with Crippen LogP contribution in [0, 0.1) is 11.3 Å². The molecule has 0 amide bonds. The second-order valence-electron chi connectivity index (χ2n) is 11.3. The summed E-state index contributed by atoms with van der Waals surface area (Å²) < 4.78 is 14.4. The number of aromatic hydroxyl groups is 2. The second-order valence-corrected chi connectivity index (χ2v) is 16.1. The maximum Gasteiger partial charge on any atom is 0.205 e. The van der Waals surface area contributed by atoms with Gasteiger partial charge in [-0.25, -0.2) is 0 Å². The molecule has 2 aliphatic heterocycles. The number of benzene rings is 2. The van der Waals surface area contributed by atoms with Crippen LogP contribution in [-0.4, -0.2) is 29.7 Å². The molecule has 2 unspecified atom stereocenters. The van der Waals surface area contributed by atoms with Crippen molar-refractivity contribution in [1.82, 2.24) is 4.57 Å². The largest absolute Gasteiger partial charge is 0.494 e. The van der Waals surface area contributed by atoms with Crippen LogP contribution in [0.3, 0.4) is 0 Å². The lowest BCUT2D eigenvalue weighted by atomic mass is 9.83. The Balaban J connectivity index is 1.60. The third-order valence-electron chi connectivity index (χ3n) is 8.11. The van der Waals surface area contributed by atoms with Gasteiger partial charge in [-0.05, 0) is 49.3 Å². The van der Waals surface area contributed by atoms with Gasteiger partial charge in [-0.2, -0.15) is 5.26 Å². The summed E-state index contributed by atoms with van der Waals surface area (Å²) in [5, 5.41) is 34.2. The SMILES string of the molecule is CC12C=CC(CCO[Si](C)(C)C(C)(C)C)(O1)c1c2c(O)n(-c2ccc(C#N)c3ccccc23)c1O. The van der Waals surface area contributed by atoms with E-state index in [1.54, 1.807) is 12.1 Å². The minimum atomic E-state index is -1.95. The summed E-state index contributed by atoms with van der Waals surface area (Å²) in [4.78, 5) is 0. The Morgan fingerprint density at radius 3 is 2.34 bits per heavy atom. The minimum absolute atomic E-state index is 0.0484. The number of rotatable bonds is 5. The summed E-state index contributed by atoms with van der Waals surface area (Å²) in [5.74, 6) is -0.0980. The molecule has 0 aliphatic carbocycles. The molecule has 0 saturated heterocycles. The predicted molar refractivity (Wildman–Crippen MR) is 138 cm³/mol. The Bertz CT molecular complexity index is 1430. The first-order valence-corrected chi connectivity index (χ1v) is 14.9. The van der Waals surface area contributed by atoms with Gasteiger partial charge in [0.25, 0.3) is 0 Å². The molecule has 3 aromatic rings. The van der Waals surface area contributed by atoms with Gasteiger partial charge in [0.1, 0.15) is 11.2 Å². The van der Waals surface area contributed by atoms with Gasteiger partial charge in [0.2, 0.25) is 11.8 Å². The van der Waals surface area contributed by atoms with Crippen LogP contribution in [0.4, 0.5) is 0 Å². The van der Waals surface area contributed by atoms with Gasteiger partial charge >= 0.3 is 0 Å². The van der Waals surface area contributed by atoms with E-state index in [0.29, 0.717) is 35.4 Å². The Hall–Kier alpha value is -3.05. The van der Waals surface area contributed by atoms with Crippen LogP contribution in [0.15, 0.2) is 48.6 Å². The topological polar surface area (TPSA) is 87.6 Å². The van der Waals surface area contributed by atoms with Gasteiger partial charge in [0.15, 0.2) is 8.32 Å². The van der Waals surface area contributed by atoms with Gasteiger partial charge in [-0.15, -0.1) is 0 Å². The standard InChI is InChI=1S/C28H32N2O4Si/c1-26(2,3)35(5,6)33-16-15-28-14-13-27(4,34-28)22-23(28)25(32)30(24(22)31)21-12-11-18(17-29)19-9-7-8-10-20(19)21/h7-14,31-32H,15-16H2,1-6H3. The molecule has 35 heavy (non-hydrogen) atoms. The summed E-state index contributed by atoms with van der Waals surface area (Å²) >= 11 is 0. The van der Waals surface area contributed by atoms with Crippen LogP contribution in [0.1, 0.15) is 50.8 Å². The van der Waals surface area contributed by atoms with E-state index >= 15 is 0 Å². The summed E-state index contributed by atoms with van der Waals surface area (Å²) in [7, 11) is -1.95. The van der Waals surface area contributed by atoms with Crippen LogP contribution in [0.25, 0.3) is 16.5 Å². The van der Waals surface area contributed by atoms with E-state index in [0.717, 1.165) is 10.8 Å².